The molecule has 0 bridgehead atoms. The number of unbranched alkanes of at least 4 members (excludes halogenated alkanes) is 2. The highest BCUT2D eigenvalue weighted by Gasteiger charge is 2.25. The first-order chi connectivity index (χ1) is 11.3. The van der Waals surface area contributed by atoms with Gasteiger partial charge in [0.2, 0.25) is 0 Å². The largest absolute Gasteiger partial charge is 0.347 e. The molecule has 1 atom stereocenters. The Kier molecular flexibility index (Phi) is 7.99. The van der Waals surface area contributed by atoms with Gasteiger partial charge in [-0.2, -0.15) is 0 Å². The average molecular weight is 332 g/mol. The number of carbonyl (C=O) groups excluding carboxylic acids is 1. The SMILES string of the molecule is CCCCC(C)(C)NC(=O)c1ccc(C(C)(CC)CCCC)cc1. The Labute approximate surface area is 149 Å². The van der Waals surface area contributed by atoms with E-state index < -0.39 is 0 Å². The maximum absolute atomic E-state index is 12.5. The molecular weight excluding hydrogens is 294 g/mol. The fourth-order valence-electron chi connectivity index (χ4n) is 3.18. The van der Waals surface area contributed by atoms with Crippen LogP contribution >= 0.6 is 0 Å². The minimum absolute atomic E-state index is 0.0365. The summed E-state index contributed by atoms with van der Waals surface area (Å²) >= 11 is 0. The Balaban J connectivity index is 2.81. The van der Waals surface area contributed by atoms with Crippen molar-refractivity contribution >= 4 is 5.91 Å². The van der Waals surface area contributed by atoms with E-state index in [9.17, 15) is 4.79 Å². The minimum atomic E-state index is -0.148. The van der Waals surface area contributed by atoms with Crippen molar-refractivity contribution in [2.24, 2.45) is 0 Å². The van der Waals surface area contributed by atoms with Crippen LogP contribution in [0.1, 0.15) is 102 Å². The van der Waals surface area contributed by atoms with E-state index in [4.69, 9.17) is 0 Å². The van der Waals surface area contributed by atoms with Crippen LogP contribution in [0.25, 0.3) is 0 Å². The van der Waals surface area contributed by atoms with E-state index in [0.29, 0.717) is 0 Å². The summed E-state index contributed by atoms with van der Waals surface area (Å²) < 4.78 is 0. The Hall–Kier alpha value is -1.31. The fraction of sp³-hybridized carbons (Fsp3) is 0.682. The molecule has 1 amide bonds. The lowest BCUT2D eigenvalue weighted by molar-refractivity contribution is 0.0908. The number of amides is 1. The van der Waals surface area contributed by atoms with Crippen LogP contribution in [0.15, 0.2) is 24.3 Å². The van der Waals surface area contributed by atoms with Crippen LogP contribution in [-0.2, 0) is 5.41 Å². The Bertz CT molecular complexity index is 503. The van der Waals surface area contributed by atoms with E-state index in [1.165, 1.54) is 24.8 Å². The molecule has 1 N–H and O–H groups in total. The molecule has 1 aromatic rings. The summed E-state index contributed by atoms with van der Waals surface area (Å²) in [5, 5.41) is 3.17. The standard InChI is InChI=1S/C22H37NO/c1-7-10-16-21(4,5)23-20(24)18-12-14-19(15-13-18)22(6,9-3)17-11-8-2/h12-15H,7-11,16-17H2,1-6H3,(H,23,24). The number of hydrogen-bond acceptors (Lipinski definition) is 1. The number of nitrogens with one attached hydrogen (secondary N) is 1. The molecule has 1 rings (SSSR count). The third-order valence-electron chi connectivity index (χ3n) is 5.31. The lowest BCUT2D eigenvalue weighted by Crippen LogP contribution is -2.43. The molecule has 0 aliphatic carbocycles. The van der Waals surface area contributed by atoms with E-state index >= 15 is 0 Å². The third-order valence-corrected chi connectivity index (χ3v) is 5.31. The molecular formula is C22H37NO. The van der Waals surface area contributed by atoms with E-state index in [0.717, 1.165) is 31.2 Å². The predicted octanol–water partition coefficient (Wildman–Crippen LogP) is 6.24. The molecule has 0 aliphatic heterocycles. The van der Waals surface area contributed by atoms with Crippen molar-refractivity contribution in [2.75, 3.05) is 0 Å². The van der Waals surface area contributed by atoms with Crippen molar-refractivity contribution in [3.8, 4) is 0 Å². The van der Waals surface area contributed by atoms with Crippen LogP contribution < -0.4 is 5.32 Å². The van der Waals surface area contributed by atoms with E-state index in [1.807, 2.05) is 12.1 Å². The molecule has 0 saturated carbocycles. The van der Waals surface area contributed by atoms with Crippen LogP contribution in [0.5, 0.6) is 0 Å². The summed E-state index contributed by atoms with van der Waals surface area (Å²) in [6.45, 7) is 13.2. The van der Waals surface area contributed by atoms with Gasteiger partial charge in [-0.15, -0.1) is 0 Å². The van der Waals surface area contributed by atoms with E-state index in [1.54, 1.807) is 0 Å². The lowest BCUT2D eigenvalue weighted by atomic mass is 9.76. The van der Waals surface area contributed by atoms with Gasteiger partial charge in [-0.1, -0.05) is 65.5 Å². The van der Waals surface area contributed by atoms with Gasteiger partial charge in [-0.05, 0) is 56.2 Å². The molecule has 2 heteroatoms. The molecule has 2 nitrogen and oxygen atoms in total. The van der Waals surface area contributed by atoms with Gasteiger partial charge in [0.25, 0.3) is 5.91 Å². The molecule has 0 radical (unpaired) electrons. The van der Waals surface area contributed by atoms with Crippen LogP contribution in [-0.4, -0.2) is 11.4 Å². The summed E-state index contributed by atoms with van der Waals surface area (Å²) in [7, 11) is 0. The maximum Gasteiger partial charge on any atom is 0.251 e. The normalized spacial score (nSPS) is 14.2. The van der Waals surface area contributed by atoms with Gasteiger partial charge in [0.15, 0.2) is 0 Å². The molecule has 1 aromatic carbocycles. The molecule has 0 spiro atoms. The molecule has 0 aliphatic rings. The molecule has 0 fully saturated rings. The highest BCUT2D eigenvalue weighted by molar-refractivity contribution is 5.94. The van der Waals surface area contributed by atoms with Gasteiger partial charge in [0.05, 0.1) is 0 Å². The minimum Gasteiger partial charge on any atom is -0.347 e. The second-order valence-corrected chi connectivity index (χ2v) is 8.04. The molecule has 24 heavy (non-hydrogen) atoms. The average Bonchev–Trinajstić information content (AvgIpc) is 2.57. The number of benzene rings is 1. The van der Waals surface area contributed by atoms with Crippen molar-refractivity contribution in [1.82, 2.24) is 5.32 Å². The molecule has 0 heterocycles. The Morgan fingerprint density at radius 2 is 1.46 bits per heavy atom. The van der Waals surface area contributed by atoms with Crippen LogP contribution in [0.3, 0.4) is 0 Å². The fourth-order valence-corrected chi connectivity index (χ4v) is 3.18. The predicted molar refractivity (Wildman–Crippen MR) is 105 cm³/mol. The molecule has 1 unspecified atom stereocenters. The van der Waals surface area contributed by atoms with Gasteiger partial charge in [0.1, 0.15) is 0 Å². The molecule has 0 aromatic heterocycles. The highest BCUT2D eigenvalue weighted by atomic mass is 16.1. The van der Waals surface area contributed by atoms with Gasteiger partial charge in [0, 0.05) is 11.1 Å². The van der Waals surface area contributed by atoms with Crippen molar-refractivity contribution in [3.63, 3.8) is 0 Å². The first-order valence-electron chi connectivity index (χ1n) is 9.71. The van der Waals surface area contributed by atoms with Crippen LogP contribution in [0, 0.1) is 0 Å². The summed E-state index contributed by atoms with van der Waals surface area (Å²) in [5.41, 5.74) is 2.17. The summed E-state index contributed by atoms with van der Waals surface area (Å²) in [6.07, 6.45) is 8.11. The van der Waals surface area contributed by atoms with Crippen molar-refractivity contribution < 1.29 is 4.79 Å². The second kappa shape index (κ2) is 9.25. The number of hydrogen-bond donors (Lipinski definition) is 1. The maximum atomic E-state index is 12.5. The van der Waals surface area contributed by atoms with E-state index in [-0.39, 0.29) is 16.9 Å². The Morgan fingerprint density at radius 1 is 0.917 bits per heavy atom. The van der Waals surface area contributed by atoms with Crippen LogP contribution in [0.2, 0.25) is 0 Å². The quantitative estimate of drug-likeness (QED) is 0.540. The molecule has 136 valence electrons. The van der Waals surface area contributed by atoms with Crippen molar-refractivity contribution in [2.45, 2.75) is 97.4 Å². The first kappa shape index (κ1) is 20.7. The van der Waals surface area contributed by atoms with Gasteiger partial charge in [-0.25, -0.2) is 0 Å². The van der Waals surface area contributed by atoms with Crippen molar-refractivity contribution in [3.05, 3.63) is 35.4 Å². The number of carbonyl (C=O) groups is 1. The summed E-state index contributed by atoms with van der Waals surface area (Å²) in [4.78, 5) is 12.5. The lowest BCUT2D eigenvalue weighted by Gasteiger charge is -2.29. The van der Waals surface area contributed by atoms with Gasteiger partial charge < -0.3 is 5.32 Å². The first-order valence-corrected chi connectivity index (χ1v) is 9.71. The summed E-state index contributed by atoms with van der Waals surface area (Å²) in [5.74, 6) is 0.0365. The zero-order valence-electron chi connectivity index (χ0n) is 16.7. The molecule has 0 saturated heterocycles. The van der Waals surface area contributed by atoms with E-state index in [2.05, 4.69) is 59.0 Å². The summed E-state index contributed by atoms with van der Waals surface area (Å²) in [6, 6.07) is 8.26. The smallest absolute Gasteiger partial charge is 0.251 e. The second-order valence-electron chi connectivity index (χ2n) is 8.04. The Morgan fingerprint density at radius 3 is 1.96 bits per heavy atom. The zero-order chi connectivity index (χ0) is 18.2. The zero-order valence-corrected chi connectivity index (χ0v) is 16.7. The number of rotatable bonds is 10. The van der Waals surface area contributed by atoms with Gasteiger partial charge in [-0.3, -0.25) is 4.79 Å². The van der Waals surface area contributed by atoms with Crippen LogP contribution in [0.4, 0.5) is 0 Å². The monoisotopic (exact) mass is 331 g/mol. The third kappa shape index (κ3) is 5.96. The van der Waals surface area contributed by atoms with Gasteiger partial charge >= 0.3 is 0 Å². The van der Waals surface area contributed by atoms with Crippen molar-refractivity contribution in [1.29, 1.82) is 0 Å². The highest BCUT2D eigenvalue weighted by Crippen LogP contribution is 2.33. The topological polar surface area (TPSA) is 29.1 Å².